The normalized spacial score (nSPS) is 30.4. The summed E-state index contributed by atoms with van der Waals surface area (Å²) in [6.45, 7) is 1.23. The molecular weight excluding hydrogens is 648 g/mol. The third-order valence-corrected chi connectivity index (χ3v) is 8.38. The molecular formula is C34H38O15. The lowest BCUT2D eigenvalue weighted by Gasteiger charge is -2.43. The lowest BCUT2D eigenvalue weighted by Crippen LogP contribution is -2.60. The van der Waals surface area contributed by atoms with Crippen molar-refractivity contribution in [2.75, 3.05) is 13.2 Å². The Labute approximate surface area is 279 Å². The van der Waals surface area contributed by atoms with E-state index in [1.165, 1.54) is 26.0 Å². The Morgan fingerprint density at radius 3 is 2.18 bits per heavy atom. The van der Waals surface area contributed by atoms with Gasteiger partial charge in [0.25, 0.3) is 0 Å². The van der Waals surface area contributed by atoms with Gasteiger partial charge in [0, 0.05) is 12.1 Å². The second-order valence-electron chi connectivity index (χ2n) is 12.0. The number of Topliss-reactive ketones (excluding diaryl/α,β-unsaturated/α-hetero) is 1. The van der Waals surface area contributed by atoms with E-state index in [0.29, 0.717) is 5.56 Å². The molecule has 0 spiro atoms. The largest absolute Gasteiger partial charge is 0.461 e. The van der Waals surface area contributed by atoms with Gasteiger partial charge in [0.2, 0.25) is 6.29 Å². The number of benzene rings is 2. The van der Waals surface area contributed by atoms with Crippen LogP contribution in [0.2, 0.25) is 0 Å². The van der Waals surface area contributed by atoms with Crippen molar-refractivity contribution in [3.05, 3.63) is 81.2 Å². The fourth-order valence-corrected chi connectivity index (χ4v) is 5.91. The van der Waals surface area contributed by atoms with E-state index in [4.69, 9.17) is 23.4 Å². The van der Waals surface area contributed by atoms with Crippen LogP contribution in [0, 0.1) is 6.92 Å². The van der Waals surface area contributed by atoms with E-state index in [2.05, 4.69) is 0 Å². The lowest BCUT2D eigenvalue weighted by molar-refractivity contribution is -0.278. The molecule has 2 fully saturated rings. The van der Waals surface area contributed by atoms with Crippen LogP contribution in [-0.2, 0) is 30.2 Å². The van der Waals surface area contributed by atoms with Gasteiger partial charge in [-0.1, -0.05) is 30.3 Å². The molecule has 0 radical (unpaired) electrons. The number of aryl methyl sites for hydroxylation is 1. The zero-order valence-electron chi connectivity index (χ0n) is 26.5. The van der Waals surface area contributed by atoms with Crippen molar-refractivity contribution < 1.29 is 68.7 Å². The molecule has 15 nitrogen and oxygen atoms in total. The summed E-state index contributed by atoms with van der Waals surface area (Å²) in [6, 6.07) is 11.2. The minimum atomic E-state index is -1.88. The Bertz CT molecular complexity index is 1730. The summed E-state index contributed by atoms with van der Waals surface area (Å²) in [5.41, 5.74) is -0.124. The van der Waals surface area contributed by atoms with Crippen molar-refractivity contribution in [2.24, 2.45) is 0 Å². The summed E-state index contributed by atoms with van der Waals surface area (Å²) in [4.78, 5) is 38.6. The molecule has 7 N–H and O–H groups in total. The molecule has 2 aliphatic rings. The van der Waals surface area contributed by atoms with E-state index < -0.39 is 85.8 Å². The van der Waals surface area contributed by atoms with Gasteiger partial charge in [0.15, 0.2) is 11.5 Å². The summed E-state index contributed by atoms with van der Waals surface area (Å²) in [5.74, 6) is -1.64. The standard InChI is InChI=1S/C34H38O15/c1-15-10-20(47-34-30(44)28(42)26(40)22(14-36)48-34)25(31-24(15)19(38)12-18(45-31)11-16(2)37)32-33(29(43)27(41)21(13-35)46-32)49-23(39)9-8-17-6-4-3-5-7-17/h3-10,12,21-22,26-30,32-36,40-44H,11,13-14H2,1-2H3/b9-8+/t21-,22-,26+,27+,28+,29+,30-,32+,33-,34-/m1/s1. The van der Waals surface area contributed by atoms with Crippen LogP contribution in [0.1, 0.15) is 35.5 Å². The summed E-state index contributed by atoms with van der Waals surface area (Å²) >= 11 is 0. The number of esters is 1. The first-order valence-corrected chi connectivity index (χ1v) is 15.5. The van der Waals surface area contributed by atoms with E-state index >= 15 is 0 Å². The van der Waals surface area contributed by atoms with Crippen molar-refractivity contribution in [2.45, 2.75) is 81.5 Å². The number of carbonyl (C=O) groups excluding carboxylic acids is 2. The maximum absolute atomic E-state index is 13.4. The molecule has 10 atom stereocenters. The second-order valence-corrected chi connectivity index (χ2v) is 12.0. The van der Waals surface area contributed by atoms with Crippen LogP contribution in [0.15, 0.2) is 57.8 Å². The summed E-state index contributed by atoms with van der Waals surface area (Å²) in [6.07, 6.45) is -14.8. The molecule has 5 rings (SSSR count). The number of ether oxygens (including phenoxy) is 4. The number of carbonyl (C=O) groups is 2. The fourth-order valence-electron chi connectivity index (χ4n) is 5.91. The van der Waals surface area contributed by atoms with Crippen molar-refractivity contribution in [3.8, 4) is 5.75 Å². The highest BCUT2D eigenvalue weighted by atomic mass is 16.7. The van der Waals surface area contributed by atoms with E-state index in [0.717, 1.165) is 12.1 Å². The number of aliphatic hydroxyl groups is 7. The van der Waals surface area contributed by atoms with Crippen LogP contribution in [-0.4, -0.2) is 116 Å². The molecule has 0 unspecified atom stereocenters. The predicted molar refractivity (Wildman–Crippen MR) is 168 cm³/mol. The molecule has 0 saturated carbocycles. The molecule has 264 valence electrons. The SMILES string of the molecule is CC(=O)Cc1cc(=O)c2c(C)cc(O[C@@H]3O[C@H](CO)[C@H](O)[C@H](O)[C@H]3O)c([C@@H]3O[C@H](CO)[C@H](O)[C@H](O)[C@H]3OC(=O)/C=C/c3ccccc3)c2o1. The molecule has 0 amide bonds. The average Bonchev–Trinajstić information content (AvgIpc) is 3.06. The smallest absolute Gasteiger partial charge is 0.331 e. The zero-order chi connectivity index (χ0) is 35.6. The zero-order valence-corrected chi connectivity index (χ0v) is 26.5. The van der Waals surface area contributed by atoms with Gasteiger partial charge in [0.05, 0.1) is 30.6 Å². The van der Waals surface area contributed by atoms with E-state index in [1.807, 2.05) is 0 Å². The third-order valence-electron chi connectivity index (χ3n) is 8.38. The molecule has 2 aromatic carbocycles. The second kappa shape index (κ2) is 15.2. The van der Waals surface area contributed by atoms with Crippen molar-refractivity contribution in [3.63, 3.8) is 0 Å². The monoisotopic (exact) mass is 686 g/mol. The number of fused-ring (bicyclic) bond motifs is 1. The molecule has 3 aromatic rings. The van der Waals surface area contributed by atoms with Gasteiger partial charge in [-0.2, -0.15) is 0 Å². The van der Waals surface area contributed by atoms with E-state index in [9.17, 15) is 50.1 Å². The van der Waals surface area contributed by atoms with Crippen LogP contribution in [0.3, 0.4) is 0 Å². The number of rotatable bonds is 10. The Morgan fingerprint density at radius 1 is 0.878 bits per heavy atom. The van der Waals surface area contributed by atoms with Crippen molar-refractivity contribution >= 4 is 28.8 Å². The van der Waals surface area contributed by atoms with Gasteiger partial charge < -0.3 is 59.1 Å². The third kappa shape index (κ3) is 7.60. The highest BCUT2D eigenvalue weighted by Gasteiger charge is 2.50. The Kier molecular flexibility index (Phi) is 11.3. The van der Waals surface area contributed by atoms with Gasteiger partial charge in [-0.05, 0) is 37.1 Å². The first kappa shape index (κ1) is 36.3. The van der Waals surface area contributed by atoms with Gasteiger partial charge in [0.1, 0.15) is 71.7 Å². The van der Waals surface area contributed by atoms with Gasteiger partial charge >= 0.3 is 5.97 Å². The van der Waals surface area contributed by atoms with Crippen LogP contribution >= 0.6 is 0 Å². The Hall–Kier alpha value is -4.03. The quantitative estimate of drug-likeness (QED) is 0.102. The molecule has 2 saturated heterocycles. The van der Waals surface area contributed by atoms with Gasteiger partial charge in [-0.15, -0.1) is 0 Å². The highest BCUT2D eigenvalue weighted by Crippen LogP contribution is 2.44. The molecule has 1 aromatic heterocycles. The lowest BCUT2D eigenvalue weighted by atomic mass is 9.88. The molecule has 49 heavy (non-hydrogen) atoms. The average molecular weight is 687 g/mol. The fraction of sp³-hybridized carbons (Fsp3) is 0.441. The van der Waals surface area contributed by atoms with Gasteiger partial charge in [-0.3, -0.25) is 9.59 Å². The Balaban J connectivity index is 1.68. The first-order chi connectivity index (χ1) is 23.3. The molecule has 0 bridgehead atoms. The summed E-state index contributed by atoms with van der Waals surface area (Å²) < 4.78 is 29.3. The van der Waals surface area contributed by atoms with Crippen LogP contribution in [0.4, 0.5) is 0 Å². The van der Waals surface area contributed by atoms with Crippen molar-refractivity contribution in [1.82, 2.24) is 0 Å². The van der Waals surface area contributed by atoms with Crippen LogP contribution < -0.4 is 10.2 Å². The predicted octanol–water partition coefficient (Wildman–Crippen LogP) is -0.809. The minimum absolute atomic E-state index is 0.0257. The maximum atomic E-state index is 13.4. The van der Waals surface area contributed by atoms with E-state index in [-0.39, 0.29) is 45.8 Å². The number of hydrogen-bond donors (Lipinski definition) is 7. The number of hydrogen-bond acceptors (Lipinski definition) is 15. The summed E-state index contributed by atoms with van der Waals surface area (Å²) in [7, 11) is 0. The highest BCUT2D eigenvalue weighted by molar-refractivity contribution is 5.88. The first-order valence-electron chi connectivity index (χ1n) is 15.5. The topological polar surface area (TPSA) is 243 Å². The molecule has 3 heterocycles. The molecule has 0 aliphatic carbocycles. The molecule has 2 aliphatic heterocycles. The Morgan fingerprint density at radius 2 is 1.53 bits per heavy atom. The minimum Gasteiger partial charge on any atom is -0.461 e. The van der Waals surface area contributed by atoms with Crippen LogP contribution in [0.25, 0.3) is 17.0 Å². The van der Waals surface area contributed by atoms with Crippen LogP contribution in [0.5, 0.6) is 5.75 Å². The van der Waals surface area contributed by atoms with Gasteiger partial charge in [-0.25, -0.2) is 4.79 Å². The maximum Gasteiger partial charge on any atom is 0.331 e. The van der Waals surface area contributed by atoms with Crippen molar-refractivity contribution in [1.29, 1.82) is 0 Å². The molecule has 15 heteroatoms. The number of ketones is 1. The van der Waals surface area contributed by atoms with E-state index in [1.54, 1.807) is 30.3 Å². The summed E-state index contributed by atoms with van der Waals surface area (Å²) in [5, 5.41) is 73.3. The number of aliphatic hydroxyl groups excluding tert-OH is 7.